The van der Waals surface area contributed by atoms with Gasteiger partial charge in [-0.25, -0.2) is 0 Å². The van der Waals surface area contributed by atoms with Crippen molar-refractivity contribution in [2.75, 3.05) is 33.3 Å². The molecule has 6 nitrogen and oxygen atoms in total. The van der Waals surface area contributed by atoms with Crippen molar-refractivity contribution in [1.82, 2.24) is 9.80 Å². The Kier molecular flexibility index (Phi) is 6.71. The Bertz CT molecular complexity index is 903. The summed E-state index contributed by atoms with van der Waals surface area (Å²) >= 11 is 1.47. The molecule has 0 unspecified atom stereocenters. The maximum atomic E-state index is 12.9. The molecule has 1 atom stereocenters. The van der Waals surface area contributed by atoms with Gasteiger partial charge in [0, 0.05) is 23.5 Å². The number of nitrogens with zero attached hydrogens (tertiary/aromatic N) is 2. The molecule has 1 fully saturated rings. The highest BCUT2D eigenvalue weighted by Crippen LogP contribution is 2.41. The lowest BCUT2D eigenvalue weighted by atomic mass is 10.00. The highest BCUT2D eigenvalue weighted by Gasteiger charge is 2.46. The number of amides is 1. The number of likely N-dealkylation sites (tertiary alicyclic amines) is 1. The van der Waals surface area contributed by atoms with E-state index in [0.29, 0.717) is 24.4 Å². The molecule has 1 aliphatic heterocycles. The van der Waals surface area contributed by atoms with Gasteiger partial charge in [0.05, 0.1) is 18.7 Å². The molecule has 7 heteroatoms. The smallest absolute Gasteiger partial charge is 0.295 e. The molecule has 1 aliphatic rings. The van der Waals surface area contributed by atoms with Gasteiger partial charge in [-0.15, -0.1) is 11.3 Å². The summed E-state index contributed by atoms with van der Waals surface area (Å²) < 4.78 is 5.23. The second-order valence-electron chi connectivity index (χ2n) is 6.77. The molecule has 1 aromatic carbocycles. The van der Waals surface area contributed by atoms with Crippen molar-refractivity contribution in [3.63, 3.8) is 0 Å². The molecule has 2 aromatic rings. The van der Waals surface area contributed by atoms with Gasteiger partial charge in [-0.05, 0) is 36.7 Å². The van der Waals surface area contributed by atoms with Gasteiger partial charge >= 0.3 is 0 Å². The van der Waals surface area contributed by atoms with E-state index in [1.807, 2.05) is 17.5 Å². The van der Waals surface area contributed by atoms with E-state index in [-0.39, 0.29) is 11.3 Å². The molecule has 1 aromatic heterocycles. The molecule has 1 amide bonds. The largest absolute Gasteiger partial charge is 0.507 e. The van der Waals surface area contributed by atoms with E-state index in [1.54, 1.807) is 29.2 Å². The number of aliphatic hydroxyl groups excluding tert-OH is 1. The summed E-state index contributed by atoms with van der Waals surface area (Å²) in [4.78, 5) is 30.4. The number of aliphatic hydroxyl groups is 1. The average molecular weight is 415 g/mol. The van der Waals surface area contributed by atoms with Crippen LogP contribution in [0.4, 0.5) is 0 Å². The summed E-state index contributed by atoms with van der Waals surface area (Å²) in [5.74, 6) is -0.827. The van der Waals surface area contributed by atoms with Gasteiger partial charge in [-0.1, -0.05) is 32.0 Å². The molecule has 3 rings (SSSR count). The number of carbonyl (C=O) groups is 2. The van der Waals surface area contributed by atoms with Crippen LogP contribution in [0.3, 0.4) is 0 Å². The molecule has 0 spiro atoms. The van der Waals surface area contributed by atoms with Crippen molar-refractivity contribution in [2.45, 2.75) is 19.9 Å². The van der Waals surface area contributed by atoms with E-state index in [0.717, 1.165) is 18.0 Å². The zero-order valence-corrected chi connectivity index (χ0v) is 17.7. The summed E-state index contributed by atoms with van der Waals surface area (Å²) in [5, 5.41) is 12.9. The van der Waals surface area contributed by atoms with Crippen LogP contribution < -0.4 is 4.74 Å². The second-order valence-corrected chi connectivity index (χ2v) is 7.75. The predicted molar refractivity (Wildman–Crippen MR) is 114 cm³/mol. The number of methoxy groups -OCH3 is 1. The molecule has 0 bridgehead atoms. The van der Waals surface area contributed by atoms with E-state index < -0.39 is 17.7 Å². The second kappa shape index (κ2) is 9.24. The lowest BCUT2D eigenvalue weighted by Gasteiger charge is -2.27. The number of Topliss-reactive ketones (excluding diaryl/α,β-unsaturated/α-hetero) is 1. The van der Waals surface area contributed by atoms with Crippen LogP contribution in [0.1, 0.15) is 30.3 Å². The zero-order chi connectivity index (χ0) is 21.0. The fraction of sp³-hybridized carbons (Fsp3) is 0.364. The summed E-state index contributed by atoms with van der Waals surface area (Å²) in [6.45, 7) is 6.96. The Morgan fingerprint density at radius 2 is 1.97 bits per heavy atom. The topological polar surface area (TPSA) is 70.1 Å². The number of carbonyl (C=O) groups excluding carboxylic acids is 2. The monoisotopic (exact) mass is 414 g/mol. The molecule has 0 aliphatic carbocycles. The number of likely N-dealkylation sites (N-methyl/N-ethyl adjacent to an activating group) is 1. The van der Waals surface area contributed by atoms with Gasteiger partial charge in [-0.2, -0.15) is 0 Å². The van der Waals surface area contributed by atoms with Gasteiger partial charge in [0.25, 0.3) is 11.7 Å². The van der Waals surface area contributed by atoms with Crippen LogP contribution in [0.2, 0.25) is 0 Å². The lowest BCUT2D eigenvalue weighted by molar-refractivity contribution is -0.140. The number of ether oxygens (including phenoxy) is 1. The maximum Gasteiger partial charge on any atom is 0.295 e. The van der Waals surface area contributed by atoms with Crippen molar-refractivity contribution in [3.8, 4) is 5.75 Å². The van der Waals surface area contributed by atoms with Gasteiger partial charge < -0.3 is 19.6 Å². The number of benzene rings is 1. The number of hydrogen-bond donors (Lipinski definition) is 1. The lowest BCUT2D eigenvalue weighted by Crippen LogP contribution is -2.37. The van der Waals surface area contributed by atoms with Crippen LogP contribution in [-0.2, 0) is 9.59 Å². The van der Waals surface area contributed by atoms with Crippen molar-refractivity contribution < 1.29 is 19.4 Å². The van der Waals surface area contributed by atoms with E-state index in [4.69, 9.17) is 4.74 Å². The van der Waals surface area contributed by atoms with Crippen molar-refractivity contribution in [2.24, 2.45) is 0 Å². The average Bonchev–Trinajstić information content (AvgIpc) is 3.36. The summed E-state index contributed by atoms with van der Waals surface area (Å²) in [5.41, 5.74) is 0.581. The highest BCUT2D eigenvalue weighted by atomic mass is 32.1. The maximum absolute atomic E-state index is 12.9. The Morgan fingerprint density at radius 3 is 2.59 bits per heavy atom. The molecular weight excluding hydrogens is 388 g/mol. The first kappa shape index (κ1) is 21.1. The number of ketones is 1. The number of thiophene rings is 1. The minimum absolute atomic E-state index is 0.130. The van der Waals surface area contributed by atoms with Crippen LogP contribution in [0, 0.1) is 0 Å². The van der Waals surface area contributed by atoms with Gasteiger partial charge in [0.15, 0.2) is 0 Å². The molecule has 0 radical (unpaired) electrons. The van der Waals surface area contributed by atoms with Crippen LogP contribution in [-0.4, -0.2) is 59.9 Å². The quantitative estimate of drug-likeness (QED) is 0.407. The fourth-order valence-corrected chi connectivity index (χ4v) is 4.41. The van der Waals surface area contributed by atoms with Crippen molar-refractivity contribution in [3.05, 3.63) is 57.8 Å². The van der Waals surface area contributed by atoms with E-state index in [1.165, 1.54) is 18.4 Å². The van der Waals surface area contributed by atoms with Crippen LogP contribution in [0.5, 0.6) is 5.75 Å². The minimum atomic E-state index is -0.650. The van der Waals surface area contributed by atoms with E-state index >= 15 is 0 Å². The van der Waals surface area contributed by atoms with E-state index in [9.17, 15) is 14.7 Å². The first-order chi connectivity index (χ1) is 14.0. The van der Waals surface area contributed by atoms with Crippen molar-refractivity contribution in [1.29, 1.82) is 0 Å². The Hall–Kier alpha value is -2.64. The Morgan fingerprint density at radius 1 is 1.21 bits per heavy atom. The normalized spacial score (nSPS) is 18.6. The Labute approximate surface area is 175 Å². The molecule has 1 saturated heterocycles. The van der Waals surface area contributed by atoms with Gasteiger partial charge in [0.1, 0.15) is 11.5 Å². The molecule has 0 saturated carbocycles. The molecule has 29 heavy (non-hydrogen) atoms. The fourth-order valence-electron chi connectivity index (χ4n) is 3.57. The van der Waals surface area contributed by atoms with Crippen LogP contribution >= 0.6 is 11.3 Å². The molecular formula is C22H26N2O4S. The summed E-state index contributed by atoms with van der Waals surface area (Å²) in [6.07, 6.45) is 0. The molecule has 1 N–H and O–H groups in total. The number of rotatable bonds is 8. The van der Waals surface area contributed by atoms with Crippen LogP contribution in [0.15, 0.2) is 47.4 Å². The molecule has 2 heterocycles. The zero-order valence-electron chi connectivity index (χ0n) is 16.9. The third-order valence-corrected chi connectivity index (χ3v) is 6.17. The van der Waals surface area contributed by atoms with Gasteiger partial charge in [-0.3, -0.25) is 9.59 Å². The summed E-state index contributed by atoms with van der Waals surface area (Å²) in [6, 6.07) is 10.1. The summed E-state index contributed by atoms with van der Waals surface area (Å²) in [7, 11) is 1.54. The molecule has 154 valence electrons. The predicted octanol–water partition coefficient (Wildman–Crippen LogP) is 3.52. The third-order valence-electron chi connectivity index (χ3n) is 5.25. The van der Waals surface area contributed by atoms with Gasteiger partial charge in [0.2, 0.25) is 0 Å². The van der Waals surface area contributed by atoms with E-state index in [2.05, 4.69) is 18.7 Å². The SMILES string of the molecule is CCN(CC)CCN1C(=O)C(=O)C(=C(O)c2cccc(OC)c2)[C@H]1c1cccs1. The van der Waals surface area contributed by atoms with Crippen LogP contribution in [0.25, 0.3) is 5.76 Å². The van der Waals surface area contributed by atoms with Crippen molar-refractivity contribution >= 4 is 28.8 Å². The minimum Gasteiger partial charge on any atom is -0.507 e. The Balaban J connectivity index is 2.05. The highest BCUT2D eigenvalue weighted by molar-refractivity contribution is 7.10. The third kappa shape index (κ3) is 4.21. The standard InChI is InChI=1S/C22H26N2O4S/c1-4-23(5-2)11-12-24-19(17-10-7-13-29-17)18(21(26)22(24)27)20(25)15-8-6-9-16(14-15)28-3/h6-10,13-14,19,25H,4-5,11-12H2,1-3H3/t19-/m1/s1. The number of hydrogen-bond acceptors (Lipinski definition) is 6. The first-order valence-electron chi connectivity index (χ1n) is 9.70. The first-order valence-corrected chi connectivity index (χ1v) is 10.6.